The summed E-state index contributed by atoms with van der Waals surface area (Å²) < 4.78 is 31.4. The van der Waals surface area contributed by atoms with Crippen molar-refractivity contribution in [3.63, 3.8) is 0 Å². The van der Waals surface area contributed by atoms with Crippen LogP contribution in [0.5, 0.6) is 5.75 Å². The van der Waals surface area contributed by atoms with E-state index in [1.165, 1.54) is 13.2 Å². The molecule has 0 aromatic heterocycles. The zero-order valence-electron chi connectivity index (χ0n) is 8.89. The molecule has 0 radical (unpaired) electrons. The first-order chi connectivity index (χ1) is 7.10. The molecule has 0 aliphatic heterocycles. The van der Waals surface area contributed by atoms with E-state index in [0.29, 0.717) is 12.2 Å². The molecule has 84 valence electrons. The van der Waals surface area contributed by atoms with Gasteiger partial charge in [0.15, 0.2) is 11.6 Å². The maximum absolute atomic E-state index is 13.4. The molecular weight excluding hydrogens is 200 g/mol. The van der Waals surface area contributed by atoms with E-state index in [4.69, 9.17) is 10.5 Å². The number of nitrogens with two attached hydrogens (primary N) is 1. The van der Waals surface area contributed by atoms with Crippen molar-refractivity contribution in [3.05, 3.63) is 29.3 Å². The third kappa shape index (κ3) is 2.65. The van der Waals surface area contributed by atoms with E-state index in [-0.39, 0.29) is 18.0 Å². The molecule has 0 heterocycles. The highest BCUT2D eigenvalue weighted by molar-refractivity contribution is 5.36. The molecule has 1 aromatic carbocycles. The molecule has 0 fully saturated rings. The predicted molar refractivity (Wildman–Crippen MR) is 54.9 cm³/mol. The molecule has 0 saturated carbocycles. The summed E-state index contributed by atoms with van der Waals surface area (Å²) in [6, 6.07) is 2.28. The van der Waals surface area contributed by atoms with Crippen LogP contribution in [0.15, 0.2) is 12.1 Å². The van der Waals surface area contributed by atoms with Crippen LogP contribution < -0.4 is 10.5 Å². The van der Waals surface area contributed by atoms with Crippen molar-refractivity contribution in [2.45, 2.75) is 25.8 Å². The van der Waals surface area contributed by atoms with Crippen LogP contribution in [0.3, 0.4) is 0 Å². The van der Waals surface area contributed by atoms with Gasteiger partial charge in [-0.2, -0.15) is 0 Å². The minimum Gasteiger partial charge on any atom is -0.496 e. The lowest BCUT2D eigenvalue weighted by Gasteiger charge is -2.13. The van der Waals surface area contributed by atoms with Crippen LogP contribution in [-0.2, 0) is 6.42 Å². The number of halogens is 2. The van der Waals surface area contributed by atoms with Crippen molar-refractivity contribution < 1.29 is 13.5 Å². The minimum atomic E-state index is -0.867. The van der Waals surface area contributed by atoms with Gasteiger partial charge in [0.1, 0.15) is 5.75 Å². The van der Waals surface area contributed by atoms with Gasteiger partial charge >= 0.3 is 0 Å². The Morgan fingerprint density at radius 2 is 2.07 bits per heavy atom. The zero-order valence-corrected chi connectivity index (χ0v) is 8.89. The molecule has 2 N–H and O–H groups in total. The van der Waals surface area contributed by atoms with Crippen LogP contribution in [0.2, 0.25) is 0 Å². The van der Waals surface area contributed by atoms with Crippen molar-refractivity contribution in [1.29, 1.82) is 0 Å². The molecular formula is C11H15F2NO. The molecule has 1 rings (SSSR count). The van der Waals surface area contributed by atoms with Crippen molar-refractivity contribution in [2.24, 2.45) is 5.73 Å². The van der Waals surface area contributed by atoms with Gasteiger partial charge in [0.2, 0.25) is 0 Å². The summed E-state index contributed by atoms with van der Waals surface area (Å²) in [5.41, 5.74) is 5.92. The average Bonchev–Trinajstić information content (AvgIpc) is 2.25. The smallest absolute Gasteiger partial charge is 0.165 e. The number of rotatable bonds is 4. The Hall–Kier alpha value is -1.16. The van der Waals surface area contributed by atoms with Crippen LogP contribution in [0.1, 0.15) is 18.9 Å². The molecule has 0 bridgehead atoms. The van der Waals surface area contributed by atoms with Crippen molar-refractivity contribution >= 4 is 0 Å². The van der Waals surface area contributed by atoms with Crippen LogP contribution in [0.4, 0.5) is 8.78 Å². The maximum atomic E-state index is 13.4. The van der Waals surface area contributed by atoms with E-state index in [1.807, 2.05) is 6.92 Å². The fraction of sp³-hybridized carbons (Fsp3) is 0.455. The second kappa shape index (κ2) is 5.07. The summed E-state index contributed by atoms with van der Waals surface area (Å²) >= 11 is 0. The van der Waals surface area contributed by atoms with Crippen LogP contribution in [0.25, 0.3) is 0 Å². The van der Waals surface area contributed by atoms with Gasteiger partial charge in [-0.15, -0.1) is 0 Å². The molecule has 1 atom stereocenters. The van der Waals surface area contributed by atoms with Crippen molar-refractivity contribution in [3.8, 4) is 5.75 Å². The van der Waals surface area contributed by atoms with E-state index in [0.717, 1.165) is 6.07 Å². The Labute approximate surface area is 88.0 Å². The number of methoxy groups -OCH3 is 1. The topological polar surface area (TPSA) is 35.2 Å². The highest BCUT2D eigenvalue weighted by Crippen LogP contribution is 2.24. The first-order valence-corrected chi connectivity index (χ1v) is 4.86. The first-order valence-electron chi connectivity index (χ1n) is 4.86. The molecule has 15 heavy (non-hydrogen) atoms. The zero-order chi connectivity index (χ0) is 11.4. The fourth-order valence-corrected chi connectivity index (χ4v) is 1.36. The van der Waals surface area contributed by atoms with Gasteiger partial charge in [0.25, 0.3) is 0 Å². The lowest BCUT2D eigenvalue weighted by atomic mass is 10.0. The Bertz CT molecular complexity index is 342. The molecule has 0 spiro atoms. The number of benzene rings is 1. The Morgan fingerprint density at radius 3 is 2.60 bits per heavy atom. The van der Waals surface area contributed by atoms with E-state index in [9.17, 15) is 8.78 Å². The predicted octanol–water partition coefficient (Wildman–Crippen LogP) is 2.25. The third-order valence-corrected chi connectivity index (χ3v) is 2.36. The van der Waals surface area contributed by atoms with Crippen molar-refractivity contribution in [1.82, 2.24) is 0 Å². The average molecular weight is 215 g/mol. The third-order valence-electron chi connectivity index (χ3n) is 2.36. The number of hydrogen-bond acceptors (Lipinski definition) is 2. The lowest BCUT2D eigenvalue weighted by Crippen LogP contribution is -2.22. The summed E-state index contributed by atoms with van der Waals surface area (Å²) in [7, 11) is 1.42. The van der Waals surface area contributed by atoms with E-state index in [2.05, 4.69) is 0 Å². The van der Waals surface area contributed by atoms with Crippen LogP contribution in [-0.4, -0.2) is 13.2 Å². The second-order valence-electron chi connectivity index (χ2n) is 3.41. The molecule has 1 unspecified atom stereocenters. The normalized spacial score (nSPS) is 12.6. The summed E-state index contributed by atoms with van der Waals surface area (Å²) in [4.78, 5) is 0. The summed E-state index contributed by atoms with van der Waals surface area (Å²) in [6.07, 6.45) is 0.988. The highest BCUT2D eigenvalue weighted by Gasteiger charge is 2.16. The van der Waals surface area contributed by atoms with E-state index >= 15 is 0 Å². The Kier molecular flexibility index (Phi) is 4.03. The molecule has 0 saturated heterocycles. The largest absolute Gasteiger partial charge is 0.496 e. The van der Waals surface area contributed by atoms with Gasteiger partial charge in [-0.3, -0.25) is 0 Å². The summed E-state index contributed by atoms with van der Waals surface area (Å²) in [6.45, 7) is 1.90. The molecule has 1 aromatic rings. The monoisotopic (exact) mass is 215 g/mol. The van der Waals surface area contributed by atoms with Gasteiger partial charge in [-0.1, -0.05) is 6.92 Å². The van der Waals surface area contributed by atoms with E-state index in [1.54, 1.807) is 0 Å². The standard InChI is InChI=1S/C11H15F2NO/c1-3-7(14)6-8-10(15-2)5-4-9(12)11(8)13/h4-5,7H,3,6,14H2,1-2H3. The fourth-order valence-electron chi connectivity index (χ4n) is 1.36. The van der Waals surface area contributed by atoms with Gasteiger partial charge < -0.3 is 10.5 Å². The quantitative estimate of drug-likeness (QED) is 0.836. The highest BCUT2D eigenvalue weighted by atomic mass is 19.2. The first kappa shape index (κ1) is 11.9. The van der Waals surface area contributed by atoms with Gasteiger partial charge in [-0.25, -0.2) is 8.78 Å². The number of hydrogen-bond donors (Lipinski definition) is 1. The minimum absolute atomic E-state index is 0.185. The summed E-state index contributed by atoms with van der Waals surface area (Å²) in [5, 5.41) is 0. The summed E-state index contributed by atoms with van der Waals surface area (Å²) in [5.74, 6) is -1.38. The van der Waals surface area contributed by atoms with Crippen LogP contribution >= 0.6 is 0 Å². The molecule has 0 amide bonds. The Balaban J connectivity index is 3.06. The van der Waals surface area contributed by atoms with E-state index < -0.39 is 11.6 Å². The number of ether oxygens (including phenoxy) is 1. The Morgan fingerprint density at radius 1 is 1.40 bits per heavy atom. The lowest BCUT2D eigenvalue weighted by molar-refractivity contribution is 0.395. The maximum Gasteiger partial charge on any atom is 0.165 e. The second-order valence-corrected chi connectivity index (χ2v) is 3.41. The SMILES string of the molecule is CCC(N)Cc1c(OC)ccc(F)c1F. The van der Waals surface area contributed by atoms with Crippen molar-refractivity contribution in [2.75, 3.05) is 7.11 Å². The molecule has 2 nitrogen and oxygen atoms in total. The van der Waals surface area contributed by atoms with Crippen LogP contribution in [0, 0.1) is 11.6 Å². The van der Waals surface area contributed by atoms with Gasteiger partial charge in [0.05, 0.1) is 7.11 Å². The molecule has 0 aliphatic carbocycles. The molecule has 4 heteroatoms. The molecule has 0 aliphatic rings. The van der Waals surface area contributed by atoms with Gasteiger partial charge in [0, 0.05) is 11.6 Å². The van der Waals surface area contributed by atoms with Gasteiger partial charge in [-0.05, 0) is 25.0 Å².